The highest BCUT2D eigenvalue weighted by atomic mass is 35.5. The average Bonchev–Trinajstić information content (AvgIpc) is 3.85. The summed E-state index contributed by atoms with van der Waals surface area (Å²) in [6.07, 6.45) is 2.94. The number of allylic oxidation sites excluding steroid dienone is 2. The summed E-state index contributed by atoms with van der Waals surface area (Å²) in [5.41, 5.74) is 2.62. The number of phenols is 2. The number of benzene rings is 3. The number of aryl methyl sites for hydroxylation is 2. The molecule has 2 aliphatic heterocycles. The maximum Gasteiger partial charge on any atom is 0.242 e. The third kappa shape index (κ3) is 5.25. The molecule has 0 radical (unpaired) electrons. The first kappa shape index (κ1) is 36.2. The Bertz CT molecular complexity index is 2540. The molecule has 4 aliphatic rings. The summed E-state index contributed by atoms with van der Waals surface area (Å²) in [7, 11) is 3.20. The van der Waals surface area contributed by atoms with Crippen molar-refractivity contribution in [2.24, 2.45) is 36.1 Å². The van der Waals surface area contributed by atoms with Crippen LogP contribution in [0.1, 0.15) is 42.4 Å². The lowest BCUT2D eigenvalue weighted by molar-refractivity contribution is -0.140. The first-order valence-corrected chi connectivity index (χ1v) is 19.8. The van der Waals surface area contributed by atoms with Crippen LogP contribution in [0.2, 0.25) is 5.02 Å². The molecule has 2 saturated heterocycles. The second-order valence-corrected chi connectivity index (χ2v) is 17.0. The second-order valence-electron chi connectivity index (χ2n) is 15.5. The van der Waals surface area contributed by atoms with Crippen LogP contribution in [0.3, 0.4) is 0 Å². The van der Waals surface area contributed by atoms with E-state index in [1.807, 2.05) is 38.1 Å². The minimum Gasteiger partial charge on any atom is -0.508 e. The van der Waals surface area contributed by atoms with Crippen molar-refractivity contribution < 1.29 is 34.1 Å². The van der Waals surface area contributed by atoms with Gasteiger partial charge in [-0.05, 0) is 91.9 Å². The lowest BCUT2D eigenvalue weighted by atomic mass is 9.51. The predicted molar refractivity (Wildman–Crippen MR) is 212 cm³/mol. The number of hydrogen-bond acceptors (Lipinski definition) is 9. The normalized spacial score (nSPS) is 25.8. The number of halogens is 1. The summed E-state index contributed by atoms with van der Waals surface area (Å²) in [6, 6.07) is 18.9. The molecule has 56 heavy (non-hydrogen) atoms. The van der Waals surface area contributed by atoms with Gasteiger partial charge < -0.3 is 14.9 Å². The lowest BCUT2D eigenvalue weighted by Gasteiger charge is -2.49. The van der Waals surface area contributed by atoms with E-state index in [-0.39, 0.29) is 36.3 Å². The summed E-state index contributed by atoms with van der Waals surface area (Å²) in [4.78, 5) is 61.9. The average molecular weight is 791 g/mol. The van der Waals surface area contributed by atoms with Crippen LogP contribution in [0.5, 0.6) is 17.2 Å². The number of amides is 4. The molecule has 11 nitrogen and oxygen atoms in total. The molecule has 3 aromatic carbocycles. The Morgan fingerprint density at radius 3 is 2.45 bits per heavy atom. The van der Waals surface area contributed by atoms with Crippen LogP contribution < -0.4 is 9.64 Å². The van der Waals surface area contributed by atoms with Gasteiger partial charge in [0.15, 0.2) is 0 Å². The summed E-state index contributed by atoms with van der Waals surface area (Å²) >= 11 is 7.88. The van der Waals surface area contributed by atoms with Gasteiger partial charge in [0.05, 0.1) is 35.2 Å². The standard InChI is InChI=1S/C43H39ClN4O7S/c1-21-29-17-23(44)7-14-34(29)56-38(21)32-20-35(46(3)45-32)48-40(52)31-19-30-26(37(43(31,2)42(48)54)27-11-10-25(50)18-33(27)55-4)12-13-28-36(30)41(53)47(39(28)51)16-15-22-5-8-24(49)9-6-22/h5-12,14,17-18,20,28,30-31,36-37,49-50H,13,15-16,19H2,1-4H3. The van der Waals surface area contributed by atoms with Crippen LogP contribution in [0.4, 0.5) is 5.82 Å². The highest BCUT2D eigenvalue weighted by molar-refractivity contribution is 7.22. The van der Waals surface area contributed by atoms with Crippen molar-refractivity contribution in [1.29, 1.82) is 0 Å². The van der Waals surface area contributed by atoms with Crippen molar-refractivity contribution in [1.82, 2.24) is 14.7 Å². The molecule has 13 heteroatoms. The van der Waals surface area contributed by atoms with E-state index < -0.39 is 46.8 Å². The summed E-state index contributed by atoms with van der Waals surface area (Å²) in [5.74, 6) is -3.86. The van der Waals surface area contributed by atoms with E-state index in [0.29, 0.717) is 40.7 Å². The van der Waals surface area contributed by atoms with Crippen molar-refractivity contribution in [3.63, 3.8) is 0 Å². The van der Waals surface area contributed by atoms with Crippen LogP contribution >= 0.6 is 22.9 Å². The van der Waals surface area contributed by atoms with Crippen molar-refractivity contribution in [3.05, 3.63) is 100 Å². The molecule has 286 valence electrons. The molecule has 4 heterocycles. The Balaban J connectivity index is 1.12. The molecule has 6 unspecified atom stereocenters. The van der Waals surface area contributed by atoms with Gasteiger partial charge in [-0.3, -0.25) is 28.8 Å². The van der Waals surface area contributed by atoms with Crippen LogP contribution in [-0.4, -0.2) is 62.2 Å². The van der Waals surface area contributed by atoms with Crippen molar-refractivity contribution in [2.45, 2.75) is 39.0 Å². The zero-order chi connectivity index (χ0) is 39.4. The molecule has 0 spiro atoms. The highest BCUT2D eigenvalue weighted by Crippen LogP contribution is 2.64. The van der Waals surface area contributed by atoms with E-state index in [2.05, 4.69) is 0 Å². The number of hydrogen-bond donors (Lipinski definition) is 2. The zero-order valence-corrected chi connectivity index (χ0v) is 32.7. The second kappa shape index (κ2) is 13.1. The van der Waals surface area contributed by atoms with Crippen molar-refractivity contribution >= 4 is 62.5 Å². The van der Waals surface area contributed by atoms with Gasteiger partial charge in [-0.25, -0.2) is 4.90 Å². The number of aromatic nitrogens is 2. The van der Waals surface area contributed by atoms with Gasteiger partial charge in [0, 0.05) is 46.9 Å². The quantitative estimate of drug-likeness (QED) is 0.131. The van der Waals surface area contributed by atoms with Crippen molar-refractivity contribution in [2.75, 3.05) is 18.6 Å². The fourth-order valence-corrected chi connectivity index (χ4v) is 11.2. The summed E-state index contributed by atoms with van der Waals surface area (Å²) in [6.45, 7) is 4.01. The third-order valence-electron chi connectivity index (χ3n) is 12.7. The number of phenolic OH excluding ortho intramolecular Hbond substituents is 2. The van der Waals surface area contributed by atoms with E-state index in [9.17, 15) is 24.6 Å². The maximum absolute atomic E-state index is 15.2. The van der Waals surface area contributed by atoms with Crippen LogP contribution in [0, 0.1) is 36.0 Å². The Labute approximate surface area is 331 Å². The van der Waals surface area contributed by atoms with Gasteiger partial charge in [-0.1, -0.05) is 41.4 Å². The number of thiophene rings is 1. The number of ether oxygens (including phenoxy) is 1. The minimum atomic E-state index is -1.31. The number of methoxy groups -OCH3 is 1. The molecule has 1 saturated carbocycles. The Morgan fingerprint density at radius 1 is 0.946 bits per heavy atom. The van der Waals surface area contributed by atoms with Crippen LogP contribution in [0.25, 0.3) is 20.7 Å². The first-order chi connectivity index (χ1) is 26.8. The SMILES string of the molecule is COc1cc(O)ccc1C1C2=CCC3C(=O)N(CCc4ccc(O)cc4)C(=O)C3C2CC2C(=O)N(c3cc(-c4sc5ccc(Cl)cc5c4C)nn3C)C(=O)C21C. The number of carbonyl (C=O) groups is 4. The van der Waals surface area contributed by atoms with Crippen LogP contribution in [-0.2, 0) is 32.6 Å². The summed E-state index contributed by atoms with van der Waals surface area (Å²) < 4.78 is 8.40. The molecule has 9 rings (SSSR count). The number of fused-ring (bicyclic) bond motifs is 5. The van der Waals surface area contributed by atoms with E-state index >= 15 is 4.79 Å². The van der Waals surface area contributed by atoms with Gasteiger partial charge in [0.1, 0.15) is 28.8 Å². The molecular weight excluding hydrogens is 752 g/mol. The van der Waals surface area contributed by atoms with E-state index in [4.69, 9.17) is 21.4 Å². The molecule has 2 aliphatic carbocycles. The zero-order valence-electron chi connectivity index (χ0n) is 31.2. The number of aromatic hydroxyl groups is 2. The largest absolute Gasteiger partial charge is 0.508 e. The number of nitrogens with zero attached hydrogens (tertiary/aromatic N) is 4. The van der Waals surface area contributed by atoms with Crippen LogP contribution in [0.15, 0.2) is 78.4 Å². The monoisotopic (exact) mass is 790 g/mol. The molecule has 6 atom stereocenters. The van der Waals surface area contributed by atoms with Gasteiger partial charge in [0.25, 0.3) is 0 Å². The number of anilines is 1. The Hall–Kier alpha value is -5.46. The number of rotatable bonds is 7. The molecule has 2 aromatic heterocycles. The molecule has 2 N–H and O–H groups in total. The smallest absolute Gasteiger partial charge is 0.242 e. The highest BCUT2D eigenvalue weighted by Gasteiger charge is 2.68. The first-order valence-electron chi connectivity index (χ1n) is 18.6. The van der Waals surface area contributed by atoms with E-state index in [0.717, 1.165) is 31.7 Å². The van der Waals surface area contributed by atoms with Gasteiger partial charge in [0.2, 0.25) is 23.6 Å². The third-order valence-corrected chi connectivity index (χ3v) is 14.2. The Kier molecular flexibility index (Phi) is 8.44. The topological polar surface area (TPSA) is 142 Å². The lowest BCUT2D eigenvalue weighted by Crippen LogP contribution is -2.49. The fourth-order valence-electron chi connectivity index (χ4n) is 9.92. The molecule has 5 aromatic rings. The van der Waals surface area contributed by atoms with Gasteiger partial charge in [-0.15, -0.1) is 11.3 Å². The molecular formula is C43H39ClN4O7S. The summed E-state index contributed by atoms with van der Waals surface area (Å²) in [5, 5.41) is 26.6. The van der Waals surface area contributed by atoms with Gasteiger partial charge in [-0.2, -0.15) is 5.10 Å². The fraction of sp³-hybridized carbons (Fsp3) is 0.326. The molecule has 3 fully saturated rings. The Morgan fingerprint density at radius 2 is 1.70 bits per heavy atom. The van der Waals surface area contributed by atoms with Crippen molar-refractivity contribution in [3.8, 4) is 27.8 Å². The number of likely N-dealkylation sites (tertiary alicyclic amines) is 1. The predicted octanol–water partition coefficient (Wildman–Crippen LogP) is 7.16. The van der Waals surface area contributed by atoms with E-state index in [1.54, 1.807) is 59.5 Å². The molecule has 4 amide bonds. The molecule has 0 bridgehead atoms. The number of imide groups is 2. The maximum atomic E-state index is 15.2. The minimum absolute atomic E-state index is 0.0187. The number of carbonyl (C=O) groups excluding carboxylic acids is 4. The van der Waals surface area contributed by atoms with Gasteiger partial charge >= 0.3 is 0 Å². The van der Waals surface area contributed by atoms with E-state index in [1.165, 1.54) is 29.0 Å².